The third-order valence-corrected chi connectivity index (χ3v) is 7.08. The molecule has 1 aromatic rings. The molecule has 132 valence electrons. The Morgan fingerprint density at radius 1 is 1.04 bits per heavy atom. The van der Waals surface area contributed by atoms with Crippen LogP contribution >= 0.6 is 0 Å². The van der Waals surface area contributed by atoms with E-state index in [0.717, 1.165) is 23.9 Å². The molecule has 7 heteroatoms. The van der Waals surface area contributed by atoms with Crippen molar-refractivity contribution in [3.63, 3.8) is 0 Å². The van der Waals surface area contributed by atoms with Crippen LogP contribution in [0.3, 0.4) is 0 Å². The smallest absolute Gasteiger partial charge is 0.399 e. The lowest BCUT2D eigenvalue weighted by Gasteiger charge is -2.32. The molecule has 2 fully saturated rings. The normalized spacial score (nSPS) is 24.2. The summed E-state index contributed by atoms with van der Waals surface area (Å²) in [5, 5.41) is 0. The maximum atomic E-state index is 12.5. The van der Waals surface area contributed by atoms with E-state index in [1.165, 1.54) is 0 Å². The summed E-state index contributed by atoms with van der Waals surface area (Å²) in [6.07, 6.45) is 1.77. The van der Waals surface area contributed by atoms with Crippen LogP contribution in [0.15, 0.2) is 23.1 Å². The van der Waals surface area contributed by atoms with Gasteiger partial charge in [0, 0.05) is 5.54 Å². The molecule has 5 nitrogen and oxygen atoms in total. The highest BCUT2D eigenvalue weighted by molar-refractivity contribution is 7.89. The third kappa shape index (κ3) is 3.15. The predicted octanol–water partition coefficient (Wildman–Crippen LogP) is 2.13. The zero-order valence-corrected chi connectivity index (χ0v) is 16.1. The van der Waals surface area contributed by atoms with Crippen molar-refractivity contribution in [3.05, 3.63) is 23.8 Å². The van der Waals surface area contributed by atoms with Gasteiger partial charge in [-0.3, -0.25) is 0 Å². The molecule has 24 heavy (non-hydrogen) atoms. The fraction of sp³-hybridized carbons (Fsp3) is 0.647. The molecule has 0 bridgehead atoms. The van der Waals surface area contributed by atoms with Crippen molar-refractivity contribution >= 4 is 22.6 Å². The number of sulfonamides is 1. The standard InChI is InChI=1S/C17H26BNO4S/c1-12-11-13(24(20,21)19-17(6)9-10-17)7-8-14(12)18-22-15(2,3)16(4,5)23-18/h7-8,11,19H,9-10H2,1-6H3. The Hall–Kier alpha value is -0.885. The van der Waals surface area contributed by atoms with Gasteiger partial charge in [0.2, 0.25) is 10.0 Å². The van der Waals surface area contributed by atoms with Gasteiger partial charge in [-0.1, -0.05) is 11.6 Å². The molecule has 1 heterocycles. The first-order valence-electron chi connectivity index (χ1n) is 8.36. The highest BCUT2D eigenvalue weighted by Crippen LogP contribution is 2.37. The van der Waals surface area contributed by atoms with Gasteiger partial charge in [0.25, 0.3) is 0 Å². The van der Waals surface area contributed by atoms with E-state index in [2.05, 4.69) is 4.72 Å². The molecule has 1 aromatic carbocycles. The van der Waals surface area contributed by atoms with Crippen LogP contribution in [0.4, 0.5) is 0 Å². The summed E-state index contributed by atoms with van der Waals surface area (Å²) in [7, 11) is -3.98. The van der Waals surface area contributed by atoms with E-state index < -0.39 is 28.3 Å². The number of rotatable bonds is 4. The average molecular weight is 351 g/mol. The summed E-state index contributed by atoms with van der Waals surface area (Å²) in [5.74, 6) is 0. The summed E-state index contributed by atoms with van der Waals surface area (Å²) in [4.78, 5) is 0.286. The lowest BCUT2D eigenvalue weighted by atomic mass is 9.76. The maximum Gasteiger partial charge on any atom is 0.495 e. The number of hydrogen-bond donors (Lipinski definition) is 1. The molecular weight excluding hydrogens is 325 g/mol. The summed E-state index contributed by atoms with van der Waals surface area (Å²) in [6.45, 7) is 11.8. The first-order chi connectivity index (χ1) is 10.9. The molecule has 1 aliphatic carbocycles. The van der Waals surface area contributed by atoms with E-state index in [9.17, 15) is 8.42 Å². The summed E-state index contributed by atoms with van der Waals surface area (Å²) in [6, 6.07) is 5.11. The predicted molar refractivity (Wildman–Crippen MR) is 94.9 cm³/mol. The molecule has 2 aliphatic rings. The van der Waals surface area contributed by atoms with Crippen molar-refractivity contribution in [2.24, 2.45) is 0 Å². The number of hydrogen-bond acceptors (Lipinski definition) is 4. The number of benzene rings is 1. The number of nitrogens with one attached hydrogen (secondary N) is 1. The van der Waals surface area contributed by atoms with Gasteiger partial charge in [-0.15, -0.1) is 0 Å². The lowest BCUT2D eigenvalue weighted by Crippen LogP contribution is -2.41. The molecule has 3 rings (SSSR count). The Bertz CT molecular complexity index is 753. The lowest BCUT2D eigenvalue weighted by molar-refractivity contribution is 0.00578. The monoisotopic (exact) mass is 351 g/mol. The first kappa shape index (κ1) is 17.9. The second kappa shape index (κ2) is 5.30. The Morgan fingerprint density at radius 3 is 2.04 bits per heavy atom. The molecule has 0 unspecified atom stereocenters. The fourth-order valence-electron chi connectivity index (χ4n) is 2.72. The van der Waals surface area contributed by atoms with Crippen LogP contribution in [0.25, 0.3) is 0 Å². The molecule has 0 atom stereocenters. The van der Waals surface area contributed by atoms with Gasteiger partial charge in [0.05, 0.1) is 16.1 Å². The molecule has 1 saturated heterocycles. The Morgan fingerprint density at radius 2 is 1.58 bits per heavy atom. The Balaban J connectivity index is 1.86. The van der Waals surface area contributed by atoms with Crippen molar-refractivity contribution in [2.75, 3.05) is 0 Å². The van der Waals surface area contributed by atoms with Gasteiger partial charge in [-0.05, 0) is 72.0 Å². The SMILES string of the molecule is Cc1cc(S(=O)(=O)NC2(C)CC2)ccc1B1OC(C)(C)C(C)(C)O1. The van der Waals surface area contributed by atoms with Crippen molar-refractivity contribution in [2.45, 2.75) is 76.0 Å². The first-order valence-corrected chi connectivity index (χ1v) is 9.84. The minimum absolute atomic E-state index is 0.281. The summed E-state index contributed by atoms with van der Waals surface area (Å²) in [5.41, 5.74) is 0.591. The van der Waals surface area contributed by atoms with E-state index >= 15 is 0 Å². The third-order valence-electron chi connectivity index (χ3n) is 5.44. The Labute approximate surface area is 145 Å². The average Bonchev–Trinajstić information content (AvgIpc) is 3.07. The van der Waals surface area contributed by atoms with Gasteiger partial charge in [0.1, 0.15) is 0 Å². The van der Waals surface area contributed by atoms with Crippen molar-refractivity contribution in [1.82, 2.24) is 4.72 Å². The van der Waals surface area contributed by atoms with Crippen LogP contribution in [0.2, 0.25) is 0 Å². The molecule has 1 N–H and O–H groups in total. The van der Waals surface area contributed by atoms with E-state index in [1.54, 1.807) is 18.2 Å². The van der Waals surface area contributed by atoms with Gasteiger partial charge < -0.3 is 9.31 Å². The topological polar surface area (TPSA) is 64.6 Å². The molecule has 0 amide bonds. The van der Waals surface area contributed by atoms with E-state index in [-0.39, 0.29) is 10.4 Å². The van der Waals surface area contributed by atoms with Gasteiger partial charge in [-0.25, -0.2) is 13.1 Å². The molecule has 0 spiro atoms. The highest BCUT2D eigenvalue weighted by atomic mass is 32.2. The molecule has 0 aromatic heterocycles. The van der Waals surface area contributed by atoms with Crippen molar-refractivity contribution in [1.29, 1.82) is 0 Å². The van der Waals surface area contributed by atoms with Gasteiger partial charge >= 0.3 is 7.12 Å². The van der Waals surface area contributed by atoms with E-state index in [1.807, 2.05) is 41.5 Å². The summed E-state index contributed by atoms with van der Waals surface area (Å²) < 4.78 is 39.9. The van der Waals surface area contributed by atoms with E-state index in [4.69, 9.17) is 9.31 Å². The minimum atomic E-state index is -3.50. The van der Waals surface area contributed by atoms with E-state index in [0.29, 0.717) is 0 Å². The van der Waals surface area contributed by atoms with Crippen LogP contribution < -0.4 is 10.2 Å². The molecular formula is C17H26BNO4S. The largest absolute Gasteiger partial charge is 0.495 e. The highest BCUT2D eigenvalue weighted by Gasteiger charge is 2.52. The van der Waals surface area contributed by atoms with Gasteiger partial charge in [-0.2, -0.15) is 0 Å². The second-order valence-corrected chi connectivity index (χ2v) is 9.96. The molecule has 1 saturated carbocycles. The quantitative estimate of drug-likeness (QED) is 0.844. The van der Waals surface area contributed by atoms with Crippen molar-refractivity contribution < 1.29 is 17.7 Å². The number of aryl methyl sites for hydroxylation is 1. The molecule has 1 aliphatic heterocycles. The van der Waals surface area contributed by atoms with Crippen LogP contribution in [-0.4, -0.2) is 32.3 Å². The minimum Gasteiger partial charge on any atom is -0.399 e. The second-order valence-electron chi connectivity index (χ2n) is 8.27. The van der Waals surface area contributed by atoms with Crippen LogP contribution in [0, 0.1) is 6.92 Å². The van der Waals surface area contributed by atoms with Crippen molar-refractivity contribution in [3.8, 4) is 0 Å². The van der Waals surface area contributed by atoms with Gasteiger partial charge in [0.15, 0.2) is 0 Å². The molecule has 0 radical (unpaired) electrons. The fourth-order valence-corrected chi connectivity index (χ4v) is 4.27. The zero-order valence-electron chi connectivity index (χ0n) is 15.3. The maximum absolute atomic E-state index is 12.5. The van der Waals surface area contributed by atoms with Crippen LogP contribution in [0.1, 0.15) is 53.0 Å². The summed E-state index contributed by atoms with van der Waals surface area (Å²) >= 11 is 0. The van der Waals surface area contributed by atoms with Crippen LogP contribution in [0.5, 0.6) is 0 Å². The zero-order chi connectivity index (χ0) is 18.0. The Kier molecular flexibility index (Phi) is 3.96. The van der Waals surface area contributed by atoms with Crippen LogP contribution in [-0.2, 0) is 19.3 Å².